The van der Waals surface area contributed by atoms with Crippen LogP contribution in [0.1, 0.15) is 56.8 Å². The van der Waals surface area contributed by atoms with Crippen LogP contribution < -0.4 is 5.32 Å². The van der Waals surface area contributed by atoms with E-state index >= 15 is 0 Å². The van der Waals surface area contributed by atoms with Crippen LogP contribution in [0.3, 0.4) is 0 Å². The van der Waals surface area contributed by atoms with Crippen LogP contribution in [0.25, 0.3) is 0 Å². The van der Waals surface area contributed by atoms with Crippen molar-refractivity contribution in [3.63, 3.8) is 0 Å². The summed E-state index contributed by atoms with van der Waals surface area (Å²) in [5, 5.41) is 3.23. The first-order valence-corrected chi connectivity index (χ1v) is 8.07. The van der Waals surface area contributed by atoms with Gasteiger partial charge < -0.3 is 10.2 Å². The summed E-state index contributed by atoms with van der Waals surface area (Å²) in [6, 6.07) is 3.68. The maximum Gasteiger partial charge on any atom is 0.254 e. The van der Waals surface area contributed by atoms with Crippen LogP contribution in [0.15, 0.2) is 18.3 Å². The van der Waals surface area contributed by atoms with Crippen molar-refractivity contribution in [3.8, 4) is 0 Å². The third-order valence-electron chi connectivity index (χ3n) is 4.67. The number of nitrogens with zero attached hydrogens (tertiary/aromatic N) is 2. The largest absolute Gasteiger partial charge is 0.370 e. The normalized spacial score (nSPS) is 17.6. The van der Waals surface area contributed by atoms with E-state index in [1.54, 1.807) is 6.20 Å². The van der Waals surface area contributed by atoms with Gasteiger partial charge in [-0.25, -0.2) is 4.98 Å². The number of amides is 1. The molecule has 2 rings (SSSR count). The van der Waals surface area contributed by atoms with Gasteiger partial charge in [0.15, 0.2) is 0 Å². The van der Waals surface area contributed by atoms with Gasteiger partial charge in [-0.1, -0.05) is 27.2 Å². The minimum absolute atomic E-state index is 0.134. The minimum atomic E-state index is 0.134. The zero-order valence-corrected chi connectivity index (χ0v) is 13.5. The Kier molecular flexibility index (Phi) is 5.21. The number of hydrogen-bond acceptors (Lipinski definition) is 3. The zero-order chi connectivity index (χ0) is 15.3. The first kappa shape index (κ1) is 15.8. The summed E-state index contributed by atoms with van der Waals surface area (Å²) < 4.78 is 0. The highest BCUT2D eigenvalue weighted by molar-refractivity contribution is 5.94. The van der Waals surface area contributed by atoms with E-state index in [0.29, 0.717) is 5.41 Å². The second-order valence-electron chi connectivity index (χ2n) is 6.31. The van der Waals surface area contributed by atoms with E-state index in [1.807, 2.05) is 17.0 Å². The van der Waals surface area contributed by atoms with Crippen LogP contribution >= 0.6 is 0 Å². The molecule has 0 aliphatic carbocycles. The molecule has 0 radical (unpaired) electrons. The molecule has 1 aromatic rings. The number of nitrogens with one attached hydrogen (secondary N) is 1. The van der Waals surface area contributed by atoms with E-state index in [0.717, 1.165) is 50.3 Å². The van der Waals surface area contributed by atoms with Crippen LogP contribution in [0.2, 0.25) is 0 Å². The lowest BCUT2D eigenvalue weighted by Crippen LogP contribution is -2.41. The summed E-state index contributed by atoms with van der Waals surface area (Å²) >= 11 is 0. The van der Waals surface area contributed by atoms with Gasteiger partial charge in [0.05, 0.1) is 0 Å². The fourth-order valence-electron chi connectivity index (χ4n) is 2.70. The molecule has 1 saturated heterocycles. The molecule has 1 aromatic heterocycles. The van der Waals surface area contributed by atoms with Gasteiger partial charge in [-0.2, -0.15) is 0 Å². The van der Waals surface area contributed by atoms with Gasteiger partial charge in [-0.15, -0.1) is 0 Å². The van der Waals surface area contributed by atoms with Gasteiger partial charge >= 0.3 is 0 Å². The zero-order valence-electron chi connectivity index (χ0n) is 13.5. The maximum atomic E-state index is 12.6. The minimum Gasteiger partial charge on any atom is -0.370 e. The smallest absolute Gasteiger partial charge is 0.254 e. The predicted octanol–water partition coefficient (Wildman–Crippen LogP) is 3.56. The van der Waals surface area contributed by atoms with Crippen molar-refractivity contribution < 1.29 is 4.79 Å². The number of likely N-dealkylation sites (tertiary alicyclic amines) is 1. The highest BCUT2D eigenvalue weighted by Gasteiger charge is 2.30. The molecule has 2 heterocycles. The van der Waals surface area contributed by atoms with Gasteiger partial charge in [0.1, 0.15) is 5.82 Å². The van der Waals surface area contributed by atoms with Gasteiger partial charge in [0, 0.05) is 31.4 Å². The molecule has 4 nitrogen and oxygen atoms in total. The molecule has 0 aromatic carbocycles. The van der Waals surface area contributed by atoms with E-state index in [9.17, 15) is 4.79 Å². The van der Waals surface area contributed by atoms with Crippen LogP contribution in [0.4, 0.5) is 5.82 Å². The number of pyridine rings is 1. The summed E-state index contributed by atoms with van der Waals surface area (Å²) in [6.07, 6.45) is 6.14. The fraction of sp³-hybridized carbons (Fsp3) is 0.647. The van der Waals surface area contributed by atoms with Gasteiger partial charge in [-0.3, -0.25) is 4.79 Å². The maximum absolute atomic E-state index is 12.6. The van der Waals surface area contributed by atoms with E-state index in [2.05, 4.69) is 31.1 Å². The Balaban J connectivity index is 2.00. The number of carbonyl (C=O) groups is 1. The van der Waals surface area contributed by atoms with Gasteiger partial charge in [0.25, 0.3) is 5.91 Å². The molecule has 116 valence electrons. The van der Waals surface area contributed by atoms with Crippen LogP contribution in [-0.2, 0) is 0 Å². The summed E-state index contributed by atoms with van der Waals surface area (Å²) in [6.45, 7) is 9.29. The lowest BCUT2D eigenvalue weighted by atomic mass is 9.78. The number of anilines is 1. The molecule has 1 aliphatic heterocycles. The molecular formula is C17H27N3O. The Bertz CT molecular complexity index is 479. The molecule has 1 N–H and O–H groups in total. The van der Waals surface area contributed by atoms with Gasteiger partial charge in [-0.05, 0) is 36.8 Å². The average molecular weight is 289 g/mol. The third kappa shape index (κ3) is 3.96. The second kappa shape index (κ2) is 6.92. The van der Waals surface area contributed by atoms with Crippen molar-refractivity contribution in [2.24, 2.45) is 5.41 Å². The van der Waals surface area contributed by atoms with Crippen LogP contribution in [-0.4, -0.2) is 35.4 Å². The highest BCUT2D eigenvalue weighted by Crippen LogP contribution is 2.34. The molecule has 0 spiro atoms. The van der Waals surface area contributed by atoms with Crippen molar-refractivity contribution in [1.82, 2.24) is 9.88 Å². The quantitative estimate of drug-likeness (QED) is 0.901. The SMILES string of the molecule is CCCNc1cc(C(=O)N2CCC(C)(CC)CC2)ccn1. The molecule has 0 atom stereocenters. The topological polar surface area (TPSA) is 45.2 Å². The Morgan fingerprint density at radius 3 is 2.71 bits per heavy atom. The molecule has 1 fully saturated rings. The van der Waals surface area contributed by atoms with E-state index in [1.165, 1.54) is 6.42 Å². The molecule has 1 amide bonds. The van der Waals surface area contributed by atoms with Crippen molar-refractivity contribution in [1.29, 1.82) is 0 Å². The lowest BCUT2D eigenvalue weighted by Gasteiger charge is -2.39. The highest BCUT2D eigenvalue weighted by atomic mass is 16.2. The van der Waals surface area contributed by atoms with E-state index in [4.69, 9.17) is 0 Å². The summed E-state index contributed by atoms with van der Waals surface area (Å²) in [4.78, 5) is 18.8. The number of carbonyl (C=O) groups excluding carboxylic acids is 1. The Labute approximate surface area is 127 Å². The second-order valence-corrected chi connectivity index (χ2v) is 6.31. The lowest BCUT2D eigenvalue weighted by molar-refractivity contribution is 0.0600. The van der Waals surface area contributed by atoms with Crippen molar-refractivity contribution in [2.75, 3.05) is 25.0 Å². The third-order valence-corrected chi connectivity index (χ3v) is 4.67. The average Bonchev–Trinajstić information content (AvgIpc) is 2.53. The first-order chi connectivity index (χ1) is 10.1. The monoisotopic (exact) mass is 289 g/mol. The predicted molar refractivity (Wildman–Crippen MR) is 86.6 cm³/mol. The van der Waals surface area contributed by atoms with Crippen molar-refractivity contribution in [2.45, 2.75) is 46.5 Å². The molecule has 0 bridgehead atoms. The molecule has 1 aliphatic rings. The van der Waals surface area contributed by atoms with E-state index in [-0.39, 0.29) is 5.91 Å². The Morgan fingerprint density at radius 1 is 1.38 bits per heavy atom. The molecular weight excluding hydrogens is 262 g/mol. The van der Waals surface area contributed by atoms with Crippen molar-refractivity contribution in [3.05, 3.63) is 23.9 Å². The van der Waals surface area contributed by atoms with Crippen LogP contribution in [0.5, 0.6) is 0 Å². The Morgan fingerprint density at radius 2 is 2.10 bits per heavy atom. The standard InChI is InChI=1S/C17H27N3O/c1-4-9-18-15-13-14(6-10-19-15)16(21)20-11-7-17(3,5-2)8-12-20/h6,10,13H,4-5,7-9,11-12H2,1-3H3,(H,18,19). The number of hydrogen-bond donors (Lipinski definition) is 1. The van der Waals surface area contributed by atoms with Crippen molar-refractivity contribution >= 4 is 11.7 Å². The molecule has 21 heavy (non-hydrogen) atoms. The number of aromatic nitrogens is 1. The summed E-state index contributed by atoms with van der Waals surface area (Å²) in [5.41, 5.74) is 1.15. The van der Waals surface area contributed by atoms with Gasteiger partial charge in [0.2, 0.25) is 0 Å². The Hall–Kier alpha value is -1.58. The molecule has 0 saturated carbocycles. The molecule has 0 unspecified atom stereocenters. The fourth-order valence-corrected chi connectivity index (χ4v) is 2.70. The summed E-state index contributed by atoms with van der Waals surface area (Å²) in [5.74, 6) is 0.924. The van der Waals surface area contributed by atoms with E-state index < -0.39 is 0 Å². The molecule has 4 heteroatoms. The number of piperidine rings is 1. The van der Waals surface area contributed by atoms with Crippen LogP contribution in [0, 0.1) is 5.41 Å². The number of rotatable bonds is 5. The summed E-state index contributed by atoms with van der Waals surface area (Å²) in [7, 11) is 0. The first-order valence-electron chi connectivity index (χ1n) is 8.07.